The average molecular weight is 2130 g/mol. The molecule has 3 aliphatic heterocycles. The summed E-state index contributed by atoms with van der Waals surface area (Å²) in [5.41, 5.74) is 19.3. The zero-order chi connectivity index (χ0) is 88.7. The van der Waals surface area contributed by atoms with Crippen molar-refractivity contribution in [2.45, 2.75) is 337 Å². The summed E-state index contributed by atoms with van der Waals surface area (Å²) in [7, 11) is 4.27. The number of hydrogen-bond acceptors (Lipinski definition) is 20. The summed E-state index contributed by atoms with van der Waals surface area (Å²) >= 11 is 0. The van der Waals surface area contributed by atoms with Crippen molar-refractivity contribution in [1.82, 2.24) is 73.6 Å². The summed E-state index contributed by atoms with van der Waals surface area (Å²) < 4.78 is 0. The molecule has 5 aliphatic rings. The zero-order valence-electron chi connectivity index (χ0n) is 87.2. The van der Waals surface area contributed by atoms with Crippen LogP contribution in [0.2, 0.25) is 0 Å². The van der Waals surface area contributed by atoms with E-state index in [4.69, 9.17) is 0 Å². The van der Waals surface area contributed by atoms with Crippen molar-refractivity contribution >= 4 is 0 Å². The van der Waals surface area contributed by atoms with E-state index in [1.165, 1.54) is 59.1 Å². The topological polar surface area (TPSA) is 272 Å². The molecular weight excluding hydrogens is 1940 g/mol. The first-order chi connectivity index (χ1) is 57.6. The number of fused-ring (bicyclic) bond motifs is 14. The Morgan fingerprint density at radius 3 is 0.470 bits per heavy atom. The van der Waals surface area contributed by atoms with Crippen LogP contribution in [-0.4, -0.2) is 157 Å². The van der Waals surface area contributed by atoms with Crippen molar-refractivity contribution in [3.05, 3.63) is 217 Å². The van der Waals surface area contributed by atoms with E-state index in [-0.39, 0.29) is 176 Å². The van der Waals surface area contributed by atoms with Crippen molar-refractivity contribution < 1.29 is 130 Å². The average Bonchev–Trinajstić information content (AvgIpc) is 0.806. The van der Waals surface area contributed by atoms with Gasteiger partial charge in [-0.3, -0.25) is 0 Å². The minimum absolute atomic E-state index is 0. The van der Waals surface area contributed by atoms with E-state index in [9.17, 15) is 30.6 Å². The van der Waals surface area contributed by atoms with Gasteiger partial charge in [-0.15, -0.1) is 0 Å². The van der Waals surface area contributed by atoms with E-state index in [0.717, 1.165) is 197 Å². The van der Waals surface area contributed by atoms with E-state index < -0.39 is 0 Å². The van der Waals surface area contributed by atoms with Crippen LogP contribution < -0.4 is 63.8 Å². The quantitative estimate of drug-likeness (QED) is 0.0497. The summed E-state index contributed by atoms with van der Waals surface area (Å²) in [5, 5.41) is 111. The van der Waals surface area contributed by atoms with Crippen LogP contribution in [-0.2, 0) is 210 Å². The van der Waals surface area contributed by atoms with Gasteiger partial charge in [0, 0.05) is 222 Å². The summed E-state index contributed by atoms with van der Waals surface area (Å²) in [6, 6.07) is 27.3. The van der Waals surface area contributed by atoms with Gasteiger partial charge in [-0.2, -0.15) is 0 Å². The molecule has 770 valence electrons. The van der Waals surface area contributed by atoms with Gasteiger partial charge in [0.15, 0.2) is 0 Å². The van der Waals surface area contributed by atoms with Crippen LogP contribution in [0.15, 0.2) is 72.8 Å². The van der Waals surface area contributed by atoms with E-state index in [2.05, 4.69) is 285 Å². The Labute approximate surface area is 877 Å². The number of nitrogens with one attached hydrogen (secondary N) is 12. The van der Waals surface area contributed by atoms with Crippen LogP contribution in [0.4, 0.5) is 0 Å². The molecule has 20 nitrogen and oxygen atoms in total. The molecule has 6 radical (unpaired) electrons. The smallest absolute Gasteiger partial charge is 0.507 e. The summed E-state index contributed by atoms with van der Waals surface area (Å²) in [4.78, 5) is 4.61. The summed E-state index contributed by atoms with van der Waals surface area (Å²) in [5.74, 6) is 2.49. The second-order valence-electron chi connectivity index (χ2n) is 42.3. The standard InChI is InChI=1S/C36H56N4O2.C34H58N6O2.C32H52N4O2.6CH3.6Ni/c1-35(2,3)27-15-23-19-37-29-11-7-9-13-31(29)39-21-25-17-28(36(4,5)6)18-26(34(25)42)22-40-32-14-10-8-12-30(32)38-20-24(16-27)33(23)41;1-33(2,3)29-17-25-21-35-9-13-39(7)15-11-37-23-27-19-30(34(4,5)6)20-28(32(27)42)24-38-12-16-40(8)14-10-36-22-26(18-29)31(25)41;1-31(2,3)27-15-23-19-33-11-7-9-13-35-21-25-17-28(32(4,5)6)18-26(30(25)38)22-36-14-10-8-12-34-20-24(16-27)29(23)37;;;;;;;;;;;;/h15-18,29-32,37-42H,7-14,19-22H2,1-6H3;17-20,35-38,41-42H,9-16,21-24H2,1-8H3;15-18,33-38H,7-14,19-22H2,1-6H3;6*1H3;;;;;;/q;;;6*-1;6*+3. The maximum atomic E-state index is 11.5. The molecule has 4 atom stereocenters. The number of benzene rings is 6. The normalized spacial score (nSPS) is 19.3. The van der Waals surface area contributed by atoms with Crippen molar-refractivity contribution in [3.63, 3.8) is 0 Å². The fourth-order valence-electron chi connectivity index (χ4n) is 17.1. The Hall–Kier alpha value is -3.48. The molecule has 134 heavy (non-hydrogen) atoms. The first-order valence-electron chi connectivity index (χ1n) is 46.7. The van der Waals surface area contributed by atoms with Crippen LogP contribution in [0.1, 0.15) is 302 Å². The molecule has 0 aromatic heterocycles. The Bertz CT molecular complexity index is 3820. The number of aromatic hydroxyl groups is 6. The molecule has 2 saturated carbocycles. The molecule has 11 rings (SSSR count). The molecule has 26 heteroatoms. The number of rotatable bonds is 0. The summed E-state index contributed by atoms with van der Waals surface area (Å²) in [6.07, 6.45) is 13.5. The van der Waals surface area contributed by atoms with Gasteiger partial charge >= 0.3 is 98.9 Å². The van der Waals surface area contributed by atoms with Gasteiger partial charge in [-0.25, -0.2) is 0 Å². The van der Waals surface area contributed by atoms with Gasteiger partial charge in [-0.1, -0.05) is 223 Å². The van der Waals surface area contributed by atoms with Gasteiger partial charge in [0.05, 0.1) is 0 Å². The van der Waals surface area contributed by atoms with Gasteiger partial charge in [0.2, 0.25) is 0 Å². The molecule has 2 fully saturated rings. The second kappa shape index (κ2) is 64.2. The molecule has 0 amide bonds. The fourth-order valence-corrected chi connectivity index (χ4v) is 17.1. The van der Waals surface area contributed by atoms with E-state index in [1.807, 2.05) is 0 Å². The van der Waals surface area contributed by atoms with Gasteiger partial charge in [-0.05, 0) is 158 Å². The van der Waals surface area contributed by atoms with Crippen molar-refractivity contribution in [1.29, 1.82) is 0 Å². The van der Waals surface area contributed by atoms with Gasteiger partial charge < -0.3 is 149 Å². The van der Waals surface area contributed by atoms with Crippen molar-refractivity contribution in [2.24, 2.45) is 0 Å². The molecule has 4 unspecified atom stereocenters. The van der Waals surface area contributed by atoms with E-state index >= 15 is 0 Å². The number of phenols is 6. The van der Waals surface area contributed by atoms with Crippen LogP contribution in [0, 0.1) is 44.6 Å². The summed E-state index contributed by atoms with van der Waals surface area (Å²) in [6.45, 7) is 58.5. The predicted molar refractivity (Wildman–Crippen MR) is 546 cm³/mol. The zero-order valence-corrected chi connectivity index (χ0v) is 93.1. The molecule has 0 spiro atoms. The first-order valence-corrected chi connectivity index (χ1v) is 46.7. The largest absolute Gasteiger partial charge is 3.00 e. The van der Waals surface area contributed by atoms with E-state index in [1.54, 1.807) is 0 Å². The molecule has 3 heterocycles. The number of nitrogens with zero attached hydrogens (tertiary/aromatic N) is 2. The molecule has 2 aliphatic carbocycles. The van der Waals surface area contributed by atoms with Crippen LogP contribution in [0.5, 0.6) is 34.5 Å². The minimum Gasteiger partial charge on any atom is -0.507 e. The number of likely N-dealkylation sites (N-methyl/N-ethyl adjacent to an activating group) is 2. The third-order valence-corrected chi connectivity index (χ3v) is 25.7. The molecule has 6 aromatic carbocycles. The Morgan fingerprint density at radius 1 is 0.209 bits per heavy atom. The molecule has 12 bridgehead atoms. The SMILES string of the molecule is CC(C)(C)c1cc2c(O)c(c1)CNC1CCCCC1NCc1cc(C(C)(C)C)cc(c1O)CNC1CCCCC1NC2.CC(C)(C)c1cc2c(O)c(c1)CNCCCCNCc1cc(C(C)(C)C)cc(c1O)CNCCCCNC2.CN1CCNCc2cc(C(C)(C)C)cc(c2O)CNCCN(C)CCNCc2cc(C(C)(C)C)cc(c2O)CNCC1.[CH3-].[CH3-].[CH3-].[CH3-].[CH3-].[CH3-].[Ni+3].[Ni+3].[Ni+3].[Ni+3].[Ni+3].[Ni+3]. The van der Waals surface area contributed by atoms with Gasteiger partial charge in [0.1, 0.15) is 34.5 Å². The van der Waals surface area contributed by atoms with Crippen molar-refractivity contribution in [2.75, 3.05) is 92.6 Å². The predicted octanol–water partition coefficient (Wildman–Crippen LogP) is 18.0. The van der Waals surface area contributed by atoms with Crippen molar-refractivity contribution in [3.8, 4) is 34.5 Å². The van der Waals surface area contributed by atoms with Crippen LogP contribution in [0.25, 0.3) is 0 Å². The van der Waals surface area contributed by atoms with Crippen LogP contribution >= 0.6 is 0 Å². The fraction of sp³-hybridized carbons (Fsp3) is 0.611. The van der Waals surface area contributed by atoms with E-state index in [0.29, 0.717) is 137 Å². The Balaban J connectivity index is -0.000000907. The monoisotopic (exact) mass is 2120 g/mol. The van der Waals surface area contributed by atoms with Gasteiger partial charge in [0.25, 0.3) is 0 Å². The second-order valence-corrected chi connectivity index (χ2v) is 42.3. The maximum Gasteiger partial charge on any atom is 3.00 e. The molecular formula is C108H184N14Ni6O6+12. The maximum absolute atomic E-state index is 11.5. The third kappa shape index (κ3) is 43.0. The third-order valence-electron chi connectivity index (χ3n) is 25.7. The first kappa shape index (κ1) is 137. The number of hydrogen-bond donors (Lipinski definition) is 18. The molecule has 6 aromatic rings. The Kier molecular flexibility index (Phi) is 65.6. The van der Waals surface area contributed by atoms with Crippen LogP contribution in [0.3, 0.4) is 0 Å². The minimum atomic E-state index is -0.00127. The number of phenolic OH excluding ortho intramolecular Hbond substituents is 6. The molecule has 0 saturated heterocycles. The molecule has 18 N–H and O–H groups in total. The Morgan fingerprint density at radius 2 is 0.336 bits per heavy atom.